The molecule has 1 fully saturated rings. The molecule has 1 aromatic carbocycles. The topological polar surface area (TPSA) is 90.7 Å². The normalized spacial score (nSPS) is 19.0. The molecule has 2 atom stereocenters. The van der Waals surface area contributed by atoms with Gasteiger partial charge in [-0.2, -0.15) is 0 Å². The highest BCUT2D eigenvalue weighted by Gasteiger charge is 2.27. The lowest BCUT2D eigenvalue weighted by molar-refractivity contribution is -0.129. The van der Waals surface area contributed by atoms with Crippen LogP contribution in [-0.4, -0.2) is 38.2 Å². The van der Waals surface area contributed by atoms with Gasteiger partial charge in [0.2, 0.25) is 11.8 Å². The minimum atomic E-state index is -0.755. The van der Waals surface area contributed by atoms with E-state index in [1.54, 1.807) is 13.2 Å². The third-order valence-electron chi connectivity index (χ3n) is 3.58. The van der Waals surface area contributed by atoms with Crippen LogP contribution in [0, 0.1) is 5.92 Å². The van der Waals surface area contributed by atoms with Crippen LogP contribution in [-0.2, 0) is 20.7 Å². The highest BCUT2D eigenvalue weighted by atomic mass is 16.5. The zero-order valence-electron chi connectivity index (χ0n) is 12.0. The summed E-state index contributed by atoms with van der Waals surface area (Å²) in [5.74, 6) is -0.286. The number of methoxy groups -OCH3 is 1. The summed E-state index contributed by atoms with van der Waals surface area (Å²) in [4.78, 5) is 23.7. The Bertz CT molecular complexity index is 512. The highest BCUT2D eigenvalue weighted by Crippen LogP contribution is 2.19. The molecule has 1 saturated heterocycles. The molecule has 0 unspecified atom stereocenters. The van der Waals surface area contributed by atoms with Gasteiger partial charge in [-0.25, -0.2) is 0 Å². The minimum absolute atomic E-state index is 0.189. The molecule has 0 aromatic heterocycles. The Morgan fingerprint density at radius 1 is 1.48 bits per heavy atom. The van der Waals surface area contributed by atoms with Gasteiger partial charge in [-0.15, -0.1) is 0 Å². The van der Waals surface area contributed by atoms with E-state index in [1.807, 2.05) is 18.2 Å². The van der Waals surface area contributed by atoms with Crippen LogP contribution in [0.2, 0.25) is 0 Å². The number of para-hydroxylation sites is 1. The maximum Gasteiger partial charge on any atom is 0.240 e. The molecular weight excluding hydrogens is 272 g/mol. The SMILES string of the molecule is COc1ccccc1C[C@H](NC(=O)[C@@H]1CCOC1)C(N)=O. The van der Waals surface area contributed by atoms with E-state index in [9.17, 15) is 9.59 Å². The second kappa shape index (κ2) is 7.08. The molecule has 2 rings (SSSR count). The Hall–Kier alpha value is -2.08. The van der Waals surface area contributed by atoms with Crippen LogP contribution in [0.4, 0.5) is 0 Å². The van der Waals surface area contributed by atoms with Crippen LogP contribution >= 0.6 is 0 Å². The fourth-order valence-electron chi connectivity index (χ4n) is 2.35. The average molecular weight is 292 g/mol. The molecule has 1 aliphatic heterocycles. The van der Waals surface area contributed by atoms with E-state index < -0.39 is 11.9 Å². The Morgan fingerprint density at radius 3 is 2.86 bits per heavy atom. The summed E-state index contributed by atoms with van der Waals surface area (Å²) < 4.78 is 10.4. The lowest BCUT2D eigenvalue weighted by Gasteiger charge is -2.18. The molecule has 3 N–H and O–H groups in total. The lowest BCUT2D eigenvalue weighted by Crippen LogP contribution is -2.48. The summed E-state index contributed by atoms with van der Waals surface area (Å²) >= 11 is 0. The third-order valence-corrected chi connectivity index (χ3v) is 3.58. The molecule has 1 aliphatic rings. The Labute approximate surface area is 123 Å². The standard InChI is InChI=1S/C15H20N2O4/c1-20-13-5-3-2-4-10(13)8-12(14(16)18)17-15(19)11-6-7-21-9-11/h2-5,11-12H,6-9H2,1H3,(H2,16,18)(H,17,19)/t11-,12+/m1/s1. The van der Waals surface area contributed by atoms with E-state index >= 15 is 0 Å². The zero-order valence-corrected chi connectivity index (χ0v) is 12.0. The average Bonchev–Trinajstić information content (AvgIpc) is 3.01. The van der Waals surface area contributed by atoms with E-state index in [-0.39, 0.29) is 11.8 Å². The first-order chi connectivity index (χ1) is 10.1. The smallest absolute Gasteiger partial charge is 0.240 e. The van der Waals surface area contributed by atoms with Gasteiger partial charge in [0.1, 0.15) is 11.8 Å². The van der Waals surface area contributed by atoms with Crippen LogP contribution in [0.15, 0.2) is 24.3 Å². The Kier molecular flexibility index (Phi) is 5.16. The molecule has 0 bridgehead atoms. The van der Waals surface area contributed by atoms with Gasteiger partial charge in [-0.05, 0) is 18.1 Å². The number of benzene rings is 1. The maximum absolute atomic E-state index is 12.1. The van der Waals surface area contributed by atoms with Crippen molar-refractivity contribution >= 4 is 11.8 Å². The summed E-state index contributed by atoms with van der Waals surface area (Å²) in [5.41, 5.74) is 6.22. The molecule has 0 saturated carbocycles. The van der Waals surface area contributed by atoms with Crippen molar-refractivity contribution in [2.24, 2.45) is 11.7 Å². The zero-order chi connectivity index (χ0) is 15.2. The fourth-order valence-corrected chi connectivity index (χ4v) is 2.35. The van der Waals surface area contributed by atoms with Crippen molar-refractivity contribution in [2.75, 3.05) is 20.3 Å². The van der Waals surface area contributed by atoms with Gasteiger partial charge < -0.3 is 20.5 Å². The number of rotatable bonds is 6. The van der Waals surface area contributed by atoms with Crippen LogP contribution < -0.4 is 15.8 Å². The molecule has 6 nitrogen and oxygen atoms in total. The molecule has 1 heterocycles. The monoisotopic (exact) mass is 292 g/mol. The first kappa shape index (κ1) is 15.3. The van der Waals surface area contributed by atoms with Gasteiger partial charge in [0.05, 0.1) is 19.6 Å². The van der Waals surface area contributed by atoms with Crippen molar-refractivity contribution in [1.82, 2.24) is 5.32 Å². The van der Waals surface area contributed by atoms with Gasteiger partial charge in [-0.3, -0.25) is 9.59 Å². The van der Waals surface area contributed by atoms with E-state index in [2.05, 4.69) is 5.32 Å². The van der Waals surface area contributed by atoms with Crippen LogP contribution in [0.1, 0.15) is 12.0 Å². The Balaban J connectivity index is 2.05. The first-order valence-corrected chi connectivity index (χ1v) is 6.91. The number of amides is 2. The molecule has 1 aromatic rings. The number of hydrogen-bond donors (Lipinski definition) is 2. The quantitative estimate of drug-likeness (QED) is 0.786. The van der Waals surface area contributed by atoms with E-state index in [0.29, 0.717) is 31.8 Å². The van der Waals surface area contributed by atoms with Crippen molar-refractivity contribution in [3.8, 4) is 5.75 Å². The third kappa shape index (κ3) is 3.95. The van der Waals surface area contributed by atoms with Gasteiger partial charge in [0, 0.05) is 13.0 Å². The molecule has 0 spiro atoms. The Morgan fingerprint density at radius 2 is 2.24 bits per heavy atom. The number of carbonyl (C=O) groups is 2. The number of nitrogens with two attached hydrogens (primary N) is 1. The van der Waals surface area contributed by atoms with Gasteiger partial charge in [-0.1, -0.05) is 18.2 Å². The fraction of sp³-hybridized carbons (Fsp3) is 0.467. The number of carbonyl (C=O) groups excluding carboxylic acids is 2. The highest BCUT2D eigenvalue weighted by molar-refractivity contribution is 5.88. The van der Waals surface area contributed by atoms with Crippen molar-refractivity contribution in [1.29, 1.82) is 0 Å². The molecule has 2 amide bonds. The predicted molar refractivity (Wildman–Crippen MR) is 76.7 cm³/mol. The first-order valence-electron chi connectivity index (χ1n) is 6.91. The molecule has 0 aliphatic carbocycles. The van der Waals surface area contributed by atoms with Crippen LogP contribution in [0.25, 0.3) is 0 Å². The predicted octanol–water partition coefficient (Wildman–Crippen LogP) is 0.244. The molecule has 114 valence electrons. The number of nitrogens with one attached hydrogen (secondary N) is 1. The van der Waals surface area contributed by atoms with Crippen molar-refractivity contribution < 1.29 is 19.1 Å². The number of primary amides is 1. The summed E-state index contributed by atoms with van der Waals surface area (Å²) in [6.45, 7) is 0.970. The molecule has 0 radical (unpaired) electrons. The molecular formula is C15H20N2O4. The summed E-state index contributed by atoms with van der Waals surface area (Å²) in [7, 11) is 1.56. The maximum atomic E-state index is 12.1. The van der Waals surface area contributed by atoms with Crippen LogP contribution in [0.5, 0.6) is 5.75 Å². The van der Waals surface area contributed by atoms with Crippen molar-refractivity contribution in [3.63, 3.8) is 0 Å². The van der Waals surface area contributed by atoms with E-state index in [0.717, 1.165) is 5.56 Å². The largest absolute Gasteiger partial charge is 0.496 e. The summed E-state index contributed by atoms with van der Waals surface area (Å²) in [5, 5.41) is 2.71. The summed E-state index contributed by atoms with van der Waals surface area (Å²) in [6.07, 6.45) is 0.977. The second-order valence-corrected chi connectivity index (χ2v) is 5.04. The summed E-state index contributed by atoms with van der Waals surface area (Å²) in [6, 6.07) is 6.59. The van der Waals surface area contributed by atoms with Crippen LogP contribution in [0.3, 0.4) is 0 Å². The molecule has 6 heteroatoms. The van der Waals surface area contributed by atoms with E-state index in [4.69, 9.17) is 15.2 Å². The van der Waals surface area contributed by atoms with Crippen molar-refractivity contribution in [3.05, 3.63) is 29.8 Å². The van der Waals surface area contributed by atoms with Crippen molar-refractivity contribution in [2.45, 2.75) is 18.9 Å². The minimum Gasteiger partial charge on any atom is -0.496 e. The van der Waals surface area contributed by atoms with E-state index in [1.165, 1.54) is 0 Å². The van der Waals surface area contributed by atoms with Gasteiger partial charge >= 0.3 is 0 Å². The number of ether oxygens (including phenoxy) is 2. The molecule has 21 heavy (non-hydrogen) atoms. The lowest BCUT2D eigenvalue weighted by atomic mass is 10.0. The number of hydrogen-bond acceptors (Lipinski definition) is 4. The second-order valence-electron chi connectivity index (χ2n) is 5.04. The van der Waals surface area contributed by atoms with Gasteiger partial charge in [0.15, 0.2) is 0 Å². The van der Waals surface area contributed by atoms with Gasteiger partial charge in [0.25, 0.3) is 0 Å².